The van der Waals surface area contributed by atoms with Crippen molar-refractivity contribution < 1.29 is 17.9 Å². The number of ether oxygens (including phenoxy) is 1. The van der Waals surface area contributed by atoms with Crippen molar-refractivity contribution >= 4 is 22.8 Å². The van der Waals surface area contributed by atoms with Gasteiger partial charge in [0.25, 0.3) is 0 Å². The first-order valence-corrected chi connectivity index (χ1v) is 10.8. The molecule has 1 aromatic carbocycles. The number of halogens is 4. The number of alkyl halides is 3. The third kappa shape index (κ3) is 4.91. The molecule has 11 heteroatoms. The van der Waals surface area contributed by atoms with E-state index in [2.05, 4.69) is 14.6 Å². The van der Waals surface area contributed by atoms with Crippen LogP contribution in [-0.4, -0.2) is 38.5 Å². The van der Waals surface area contributed by atoms with Gasteiger partial charge in [0.15, 0.2) is 5.65 Å². The molecule has 0 radical (unpaired) electrons. The summed E-state index contributed by atoms with van der Waals surface area (Å²) in [5, 5.41) is 0.421. The Morgan fingerprint density at radius 3 is 2.36 bits per heavy atom. The van der Waals surface area contributed by atoms with Crippen molar-refractivity contribution in [1.82, 2.24) is 19.0 Å². The highest BCUT2D eigenvalue weighted by atomic mass is 35.5. The van der Waals surface area contributed by atoms with Gasteiger partial charge in [0.05, 0.1) is 16.2 Å². The van der Waals surface area contributed by atoms with Crippen LogP contribution in [0, 0.1) is 6.92 Å². The summed E-state index contributed by atoms with van der Waals surface area (Å²) in [5.74, 6) is -0.259. The number of nitrogens with zero attached hydrogens (tertiary/aromatic N) is 4. The number of hydrogen-bond donors (Lipinski definition) is 0. The SMILES string of the molecule is Cc1nc2c(cc1Cl)n(C)c(=O)c(=O)n2C1CCN(Cc2ccc(OC(F)(F)F)cc2)CC1. The average molecular weight is 483 g/mol. The zero-order valence-electron chi connectivity index (χ0n) is 18.0. The van der Waals surface area contributed by atoms with E-state index in [0.29, 0.717) is 54.4 Å². The minimum Gasteiger partial charge on any atom is -0.406 e. The van der Waals surface area contributed by atoms with Crippen LogP contribution in [0.25, 0.3) is 11.2 Å². The summed E-state index contributed by atoms with van der Waals surface area (Å²) in [7, 11) is 1.53. The maximum absolute atomic E-state index is 12.9. The van der Waals surface area contributed by atoms with E-state index in [0.717, 1.165) is 5.56 Å². The van der Waals surface area contributed by atoms with Crippen LogP contribution in [0.1, 0.15) is 30.1 Å². The second kappa shape index (κ2) is 8.83. The van der Waals surface area contributed by atoms with E-state index in [4.69, 9.17) is 11.6 Å². The Morgan fingerprint density at radius 2 is 1.76 bits per heavy atom. The molecule has 3 heterocycles. The number of rotatable bonds is 4. The molecule has 7 nitrogen and oxygen atoms in total. The second-order valence-electron chi connectivity index (χ2n) is 8.14. The second-order valence-corrected chi connectivity index (χ2v) is 8.54. The quantitative estimate of drug-likeness (QED) is 0.529. The largest absolute Gasteiger partial charge is 0.573 e. The normalized spacial score (nSPS) is 15.8. The van der Waals surface area contributed by atoms with Gasteiger partial charge in [-0.2, -0.15) is 0 Å². The molecule has 0 bridgehead atoms. The first-order chi connectivity index (χ1) is 15.5. The van der Waals surface area contributed by atoms with Crippen LogP contribution < -0.4 is 15.9 Å². The summed E-state index contributed by atoms with van der Waals surface area (Å²) in [5.41, 5.74) is 1.12. The van der Waals surface area contributed by atoms with Gasteiger partial charge in [0.1, 0.15) is 5.75 Å². The van der Waals surface area contributed by atoms with Gasteiger partial charge in [-0.1, -0.05) is 23.7 Å². The Bertz CT molecular complexity index is 1290. The molecule has 2 aromatic heterocycles. The number of aryl methyl sites for hydroxylation is 2. The monoisotopic (exact) mass is 482 g/mol. The van der Waals surface area contributed by atoms with Crippen LogP contribution in [-0.2, 0) is 13.6 Å². The summed E-state index contributed by atoms with van der Waals surface area (Å²) < 4.78 is 43.6. The zero-order valence-corrected chi connectivity index (χ0v) is 18.8. The van der Waals surface area contributed by atoms with E-state index in [1.807, 2.05) is 0 Å². The van der Waals surface area contributed by atoms with E-state index >= 15 is 0 Å². The van der Waals surface area contributed by atoms with E-state index in [9.17, 15) is 22.8 Å². The third-order valence-electron chi connectivity index (χ3n) is 5.89. The predicted octanol–water partition coefficient (Wildman–Crippen LogP) is 3.79. The number of fused-ring (bicyclic) bond motifs is 1. The highest BCUT2D eigenvalue weighted by Gasteiger charge is 2.31. The van der Waals surface area contributed by atoms with Crippen LogP contribution in [0.15, 0.2) is 39.9 Å². The van der Waals surface area contributed by atoms with Crippen LogP contribution in [0.2, 0.25) is 5.02 Å². The fourth-order valence-electron chi connectivity index (χ4n) is 4.16. The highest BCUT2D eigenvalue weighted by Crippen LogP contribution is 2.27. The summed E-state index contributed by atoms with van der Waals surface area (Å²) in [4.78, 5) is 32.0. The van der Waals surface area contributed by atoms with E-state index in [1.165, 1.54) is 28.3 Å². The summed E-state index contributed by atoms with van der Waals surface area (Å²) in [6.45, 7) is 3.61. The van der Waals surface area contributed by atoms with Gasteiger partial charge in [0, 0.05) is 32.7 Å². The minimum absolute atomic E-state index is 0.194. The average Bonchev–Trinajstić information content (AvgIpc) is 2.75. The summed E-state index contributed by atoms with van der Waals surface area (Å²) in [6.07, 6.45) is -3.47. The number of piperidine rings is 1. The smallest absolute Gasteiger partial charge is 0.406 e. The first-order valence-electron chi connectivity index (χ1n) is 10.4. The van der Waals surface area contributed by atoms with E-state index < -0.39 is 17.5 Å². The fraction of sp³-hybridized carbons (Fsp3) is 0.409. The molecule has 176 valence electrons. The van der Waals surface area contributed by atoms with Crippen molar-refractivity contribution in [3.8, 4) is 5.75 Å². The molecule has 0 amide bonds. The van der Waals surface area contributed by atoms with Crippen molar-refractivity contribution in [2.24, 2.45) is 7.05 Å². The van der Waals surface area contributed by atoms with Crippen molar-refractivity contribution in [3.63, 3.8) is 0 Å². The molecule has 0 aliphatic carbocycles. The Morgan fingerprint density at radius 1 is 1.12 bits per heavy atom. The highest BCUT2D eigenvalue weighted by molar-refractivity contribution is 6.31. The number of benzene rings is 1. The molecule has 4 rings (SSSR count). The lowest BCUT2D eigenvalue weighted by Crippen LogP contribution is -2.45. The molecular formula is C22H22ClF3N4O3. The zero-order chi connectivity index (χ0) is 23.9. The lowest BCUT2D eigenvalue weighted by Gasteiger charge is -2.33. The first kappa shape index (κ1) is 23.3. The van der Waals surface area contributed by atoms with Gasteiger partial charge in [-0.05, 0) is 43.5 Å². The maximum atomic E-state index is 12.9. The van der Waals surface area contributed by atoms with Crippen molar-refractivity contribution in [2.75, 3.05) is 13.1 Å². The van der Waals surface area contributed by atoms with Crippen LogP contribution >= 0.6 is 11.6 Å². The summed E-state index contributed by atoms with van der Waals surface area (Å²) >= 11 is 6.19. The van der Waals surface area contributed by atoms with Crippen molar-refractivity contribution in [3.05, 3.63) is 67.3 Å². The topological polar surface area (TPSA) is 69.4 Å². The van der Waals surface area contributed by atoms with Gasteiger partial charge >= 0.3 is 17.5 Å². The Hall–Kier alpha value is -2.85. The minimum atomic E-state index is -4.72. The Balaban J connectivity index is 1.51. The lowest BCUT2D eigenvalue weighted by atomic mass is 10.0. The van der Waals surface area contributed by atoms with E-state index in [-0.39, 0.29) is 11.8 Å². The third-order valence-corrected chi connectivity index (χ3v) is 6.28. The van der Waals surface area contributed by atoms with Gasteiger partial charge < -0.3 is 9.30 Å². The van der Waals surface area contributed by atoms with E-state index in [1.54, 1.807) is 25.1 Å². The van der Waals surface area contributed by atoms with Crippen LogP contribution in [0.5, 0.6) is 5.75 Å². The van der Waals surface area contributed by atoms with Gasteiger partial charge in [-0.15, -0.1) is 13.2 Å². The van der Waals surface area contributed by atoms with Gasteiger partial charge in [-0.25, -0.2) is 4.98 Å². The Labute approximate surface area is 192 Å². The number of aromatic nitrogens is 3. The van der Waals surface area contributed by atoms with Crippen molar-refractivity contribution in [2.45, 2.75) is 38.7 Å². The summed E-state index contributed by atoms with van der Waals surface area (Å²) in [6, 6.07) is 7.24. The Kier molecular flexibility index (Phi) is 6.24. The lowest BCUT2D eigenvalue weighted by molar-refractivity contribution is -0.274. The molecule has 0 N–H and O–H groups in total. The molecule has 1 aliphatic rings. The standard InChI is InChI=1S/C22H22ClF3N4O3/c1-13-17(23)11-18-19(27-13)30(21(32)20(31)28(18)2)15-7-9-29(10-8-15)12-14-3-5-16(6-4-14)33-22(24,25)26/h3-6,11,15H,7-10,12H2,1-2H3. The van der Waals surface area contributed by atoms with Gasteiger partial charge in [0.2, 0.25) is 0 Å². The van der Waals surface area contributed by atoms with Crippen molar-refractivity contribution in [1.29, 1.82) is 0 Å². The number of pyridine rings is 1. The molecule has 1 saturated heterocycles. The van der Waals surface area contributed by atoms with Crippen LogP contribution in [0.3, 0.4) is 0 Å². The molecule has 1 aliphatic heterocycles. The van der Waals surface area contributed by atoms with Gasteiger partial charge in [-0.3, -0.25) is 19.1 Å². The molecule has 1 fully saturated rings. The molecule has 0 unspecified atom stereocenters. The molecular weight excluding hydrogens is 461 g/mol. The fourth-order valence-corrected chi connectivity index (χ4v) is 4.31. The molecule has 33 heavy (non-hydrogen) atoms. The number of hydrogen-bond acceptors (Lipinski definition) is 5. The van der Waals surface area contributed by atoms with Crippen LogP contribution in [0.4, 0.5) is 13.2 Å². The molecule has 0 spiro atoms. The molecule has 0 saturated carbocycles. The molecule has 0 atom stereocenters. The maximum Gasteiger partial charge on any atom is 0.573 e. The predicted molar refractivity (Wildman–Crippen MR) is 118 cm³/mol. The molecule has 3 aromatic rings. The number of likely N-dealkylation sites (tertiary alicyclic amines) is 1.